The van der Waals surface area contributed by atoms with E-state index in [1.54, 1.807) is 0 Å². The van der Waals surface area contributed by atoms with Gasteiger partial charge in [-0.05, 0) is 6.42 Å². The van der Waals surface area contributed by atoms with Crippen LogP contribution in [0.5, 0.6) is 0 Å². The smallest absolute Gasteiger partial charge is 0.0156 e. The van der Waals surface area contributed by atoms with Gasteiger partial charge >= 0.3 is 0 Å². The van der Waals surface area contributed by atoms with Crippen molar-refractivity contribution in [2.45, 2.75) is 13.3 Å². The summed E-state index contributed by atoms with van der Waals surface area (Å²) in [4.78, 5) is 0. The molecule has 0 radical (unpaired) electrons. The van der Waals surface area contributed by atoms with Gasteiger partial charge in [0.2, 0.25) is 0 Å². The Hall–Kier alpha value is -0.120. The molecule has 1 fully saturated rings. The zero-order valence-electron chi connectivity index (χ0n) is 5.28. The molecule has 0 aromatic rings. The highest BCUT2D eigenvalue weighted by Crippen LogP contribution is 1.87. The molecule has 3 heteroatoms. The number of hydrogen-bond donors (Lipinski definition) is 2. The lowest BCUT2D eigenvalue weighted by Crippen LogP contribution is -2.52. The van der Waals surface area contributed by atoms with Gasteiger partial charge in [-0.1, -0.05) is 6.92 Å². The zero-order valence-corrected chi connectivity index (χ0v) is 5.28. The molecule has 1 rings (SSSR count). The lowest BCUT2D eigenvalue weighted by Gasteiger charge is -2.26. The fraction of sp³-hybridized carbons (Fsp3) is 1.00. The number of nitrogens with zero attached hydrogens (tertiary/aromatic N) is 1. The first kappa shape index (κ1) is 6.01. The van der Waals surface area contributed by atoms with Crippen LogP contribution < -0.4 is 11.0 Å². The van der Waals surface area contributed by atoms with Gasteiger partial charge in [0.15, 0.2) is 0 Å². The molecule has 1 heterocycles. The van der Waals surface area contributed by atoms with Crippen LogP contribution in [-0.2, 0) is 0 Å². The first-order valence-corrected chi connectivity index (χ1v) is 3.17. The van der Waals surface area contributed by atoms with Crippen LogP contribution >= 0.6 is 0 Å². The highest BCUT2D eigenvalue weighted by molar-refractivity contribution is 4.54. The van der Waals surface area contributed by atoms with Crippen LogP contribution in [0.25, 0.3) is 0 Å². The predicted molar refractivity (Wildman–Crippen MR) is 33.0 cm³/mol. The minimum atomic E-state index is 1.08. The van der Waals surface area contributed by atoms with Crippen LogP contribution in [0.3, 0.4) is 0 Å². The Labute approximate surface area is 50.0 Å². The minimum Gasteiger partial charge on any atom is -0.244 e. The molecule has 1 aliphatic heterocycles. The van der Waals surface area contributed by atoms with Crippen molar-refractivity contribution < 1.29 is 0 Å². The Kier molecular flexibility index (Phi) is 2.27. The number of rotatable bonds is 1. The van der Waals surface area contributed by atoms with E-state index in [1.807, 2.05) is 0 Å². The maximum Gasteiger partial charge on any atom is 0.0156 e. The molecule has 0 spiro atoms. The fourth-order valence-electron chi connectivity index (χ4n) is 0.819. The molecule has 0 bridgehead atoms. The summed E-state index contributed by atoms with van der Waals surface area (Å²) in [7, 11) is 0. The molecule has 3 nitrogen and oxygen atoms in total. The summed E-state index contributed by atoms with van der Waals surface area (Å²) in [5.41, 5.74) is 6.11. The van der Waals surface area contributed by atoms with E-state index in [1.165, 1.54) is 13.0 Å². The number of nitrogens with one attached hydrogen (secondary N) is 2. The average molecular weight is 115 g/mol. The maximum atomic E-state index is 3.06. The Bertz CT molecular complexity index is 58.7. The summed E-state index contributed by atoms with van der Waals surface area (Å²) in [5.74, 6) is 0. The van der Waals surface area contributed by atoms with Crippen LogP contribution in [-0.4, -0.2) is 24.6 Å². The molecule has 1 saturated heterocycles. The molecule has 0 amide bonds. The third-order valence-corrected chi connectivity index (χ3v) is 1.35. The first-order chi connectivity index (χ1) is 3.93. The highest BCUT2D eigenvalue weighted by atomic mass is 15.7. The second-order valence-electron chi connectivity index (χ2n) is 1.97. The van der Waals surface area contributed by atoms with Crippen molar-refractivity contribution in [2.75, 3.05) is 19.6 Å². The predicted octanol–water partition coefficient (Wildman–Crippen LogP) is -0.279. The first-order valence-electron chi connectivity index (χ1n) is 3.17. The molecule has 0 aromatic heterocycles. The van der Waals surface area contributed by atoms with Gasteiger partial charge in [0, 0.05) is 19.6 Å². The molecule has 0 atom stereocenters. The summed E-state index contributed by atoms with van der Waals surface area (Å²) in [6.45, 7) is 5.48. The lowest BCUT2D eigenvalue weighted by atomic mass is 10.4. The van der Waals surface area contributed by atoms with Gasteiger partial charge in [0.25, 0.3) is 0 Å². The summed E-state index contributed by atoms with van der Waals surface area (Å²) < 4.78 is 0. The average Bonchev–Trinajstić information content (AvgIpc) is 1.90. The van der Waals surface area contributed by atoms with Gasteiger partial charge in [-0.3, -0.25) is 0 Å². The van der Waals surface area contributed by atoms with Crippen LogP contribution in [0.4, 0.5) is 0 Å². The Balaban J connectivity index is 2.13. The number of hydrogen-bond acceptors (Lipinski definition) is 3. The van der Waals surface area contributed by atoms with Crippen LogP contribution in [0.15, 0.2) is 0 Å². The molecule has 2 N–H and O–H groups in total. The minimum absolute atomic E-state index is 1.08. The van der Waals surface area contributed by atoms with Crippen molar-refractivity contribution in [1.82, 2.24) is 16.0 Å². The van der Waals surface area contributed by atoms with E-state index in [0.717, 1.165) is 13.1 Å². The van der Waals surface area contributed by atoms with Crippen molar-refractivity contribution in [2.24, 2.45) is 0 Å². The van der Waals surface area contributed by atoms with Crippen molar-refractivity contribution in [3.8, 4) is 0 Å². The SMILES string of the molecule is CCN1CCCNN1. The third kappa shape index (κ3) is 1.43. The molecule has 0 saturated carbocycles. The zero-order chi connectivity index (χ0) is 5.82. The van der Waals surface area contributed by atoms with Gasteiger partial charge < -0.3 is 0 Å². The van der Waals surface area contributed by atoms with E-state index in [2.05, 4.69) is 22.9 Å². The quantitative estimate of drug-likeness (QED) is 0.492. The topological polar surface area (TPSA) is 27.3 Å². The molecule has 8 heavy (non-hydrogen) atoms. The second kappa shape index (κ2) is 3.02. The van der Waals surface area contributed by atoms with Gasteiger partial charge in [-0.25, -0.2) is 10.4 Å². The van der Waals surface area contributed by atoms with E-state index in [0.29, 0.717) is 0 Å². The van der Waals surface area contributed by atoms with Crippen molar-refractivity contribution in [3.63, 3.8) is 0 Å². The summed E-state index contributed by atoms with van der Waals surface area (Å²) in [6, 6.07) is 0. The standard InChI is InChI=1S/C5H13N3/c1-2-8-5-3-4-6-7-8/h6-7H,2-5H2,1H3. The summed E-state index contributed by atoms with van der Waals surface area (Å²) in [6.07, 6.45) is 1.25. The van der Waals surface area contributed by atoms with E-state index in [-0.39, 0.29) is 0 Å². The van der Waals surface area contributed by atoms with Gasteiger partial charge in [0.05, 0.1) is 0 Å². The molecule has 1 aliphatic rings. The Morgan fingerprint density at radius 3 is 2.88 bits per heavy atom. The van der Waals surface area contributed by atoms with Gasteiger partial charge in [-0.2, -0.15) is 5.53 Å². The molecule has 0 aromatic carbocycles. The fourth-order valence-corrected chi connectivity index (χ4v) is 0.819. The van der Waals surface area contributed by atoms with Crippen molar-refractivity contribution in [1.29, 1.82) is 0 Å². The van der Waals surface area contributed by atoms with Crippen LogP contribution in [0, 0.1) is 0 Å². The second-order valence-corrected chi connectivity index (χ2v) is 1.97. The molecular weight excluding hydrogens is 102 g/mol. The third-order valence-electron chi connectivity index (χ3n) is 1.35. The van der Waals surface area contributed by atoms with Gasteiger partial charge in [-0.15, -0.1) is 0 Å². The van der Waals surface area contributed by atoms with E-state index in [4.69, 9.17) is 0 Å². The lowest BCUT2D eigenvalue weighted by molar-refractivity contribution is 0.125. The van der Waals surface area contributed by atoms with Crippen LogP contribution in [0.1, 0.15) is 13.3 Å². The normalized spacial score (nSPS) is 23.6. The van der Waals surface area contributed by atoms with Gasteiger partial charge in [0.1, 0.15) is 0 Å². The summed E-state index contributed by atoms with van der Waals surface area (Å²) >= 11 is 0. The van der Waals surface area contributed by atoms with Crippen LogP contribution in [0.2, 0.25) is 0 Å². The number of hydrazine groups is 2. The van der Waals surface area contributed by atoms with E-state index in [9.17, 15) is 0 Å². The molecular formula is C5H13N3. The Morgan fingerprint density at radius 1 is 1.62 bits per heavy atom. The highest BCUT2D eigenvalue weighted by Gasteiger charge is 2.03. The molecule has 0 aliphatic carbocycles. The van der Waals surface area contributed by atoms with Crippen molar-refractivity contribution >= 4 is 0 Å². The maximum absolute atomic E-state index is 3.06. The Morgan fingerprint density at radius 2 is 2.50 bits per heavy atom. The molecule has 0 unspecified atom stereocenters. The molecule has 48 valence electrons. The van der Waals surface area contributed by atoms with E-state index < -0.39 is 0 Å². The van der Waals surface area contributed by atoms with Crippen molar-refractivity contribution in [3.05, 3.63) is 0 Å². The summed E-state index contributed by atoms with van der Waals surface area (Å²) in [5, 5.41) is 2.16. The largest absolute Gasteiger partial charge is 0.244 e. The van der Waals surface area contributed by atoms with E-state index >= 15 is 0 Å². The monoisotopic (exact) mass is 115 g/mol.